The summed E-state index contributed by atoms with van der Waals surface area (Å²) in [5, 5.41) is 6.11. The van der Waals surface area contributed by atoms with Gasteiger partial charge in [0.15, 0.2) is 0 Å². The highest BCUT2D eigenvalue weighted by atomic mass is 16.1. The van der Waals surface area contributed by atoms with Gasteiger partial charge in [-0.2, -0.15) is 0 Å². The Morgan fingerprint density at radius 1 is 1.50 bits per heavy atom. The molecule has 1 amide bonds. The number of carbonyl (C=O) groups excluding carboxylic acids is 1. The third-order valence-corrected chi connectivity index (χ3v) is 3.10. The van der Waals surface area contributed by atoms with E-state index in [4.69, 9.17) is 0 Å². The summed E-state index contributed by atoms with van der Waals surface area (Å²) in [5.74, 6) is 1.49. The van der Waals surface area contributed by atoms with Crippen LogP contribution >= 0.6 is 0 Å². The molecule has 2 N–H and O–H groups in total. The number of rotatable bonds is 6. The smallest absolute Gasteiger partial charge is 0.270 e. The van der Waals surface area contributed by atoms with E-state index in [2.05, 4.69) is 22.5 Å². The van der Waals surface area contributed by atoms with E-state index in [9.17, 15) is 4.79 Å². The van der Waals surface area contributed by atoms with Crippen LogP contribution in [0.4, 0.5) is 5.82 Å². The number of hydrogen-bond acceptors (Lipinski definition) is 3. The predicted molar refractivity (Wildman–Crippen MR) is 72.7 cm³/mol. The van der Waals surface area contributed by atoms with Crippen LogP contribution in [-0.2, 0) is 0 Å². The lowest BCUT2D eigenvalue weighted by Crippen LogP contribution is -2.33. The zero-order valence-electron chi connectivity index (χ0n) is 11.1. The average molecular weight is 247 g/mol. The minimum absolute atomic E-state index is 0.0806. The highest BCUT2D eigenvalue weighted by Gasteiger charge is 2.24. The van der Waals surface area contributed by atoms with Gasteiger partial charge in [-0.25, -0.2) is 4.98 Å². The number of anilines is 1. The van der Waals surface area contributed by atoms with Crippen molar-refractivity contribution in [2.24, 2.45) is 5.92 Å². The topological polar surface area (TPSA) is 54.0 Å². The van der Waals surface area contributed by atoms with E-state index in [0.717, 1.165) is 24.7 Å². The molecule has 1 fully saturated rings. The molecule has 98 valence electrons. The number of nitrogens with one attached hydrogen (secondary N) is 2. The van der Waals surface area contributed by atoms with E-state index in [1.807, 2.05) is 19.1 Å². The first-order chi connectivity index (χ1) is 8.69. The summed E-state index contributed by atoms with van der Waals surface area (Å²) in [7, 11) is 0. The maximum Gasteiger partial charge on any atom is 0.270 e. The SMILES string of the molecule is CCNc1cccc(C(=O)NC(C)CC2CC2)n1. The monoisotopic (exact) mass is 247 g/mol. The summed E-state index contributed by atoms with van der Waals surface area (Å²) in [6.45, 7) is 4.87. The standard InChI is InChI=1S/C14H21N3O/c1-3-15-13-6-4-5-12(17-13)14(18)16-10(2)9-11-7-8-11/h4-6,10-11H,3,7-9H2,1-2H3,(H,15,17)(H,16,18). The molecule has 1 aliphatic carbocycles. The second kappa shape index (κ2) is 5.85. The van der Waals surface area contributed by atoms with Gasteiger partial charge in [0.2, 0.25) is 0 Å². The van der Waals surface area contributed by atoms with Gasteiger partial charge in [-0.3, -0.25) is 4.79 Å². The first kappa shape index (κ1) is 12.9. The Morgan fingerprint density at radius 3 is 2.94 bits per heavy atom. The zero-order valence-corrected chi connectivity index (χ0v) is 11.1. The Bertz CT molecular complexity index is 415. The average Bonchev–Trinajstić information content (AvgIpc) is 3.13. The van der Waals surface area contributed by atoms with Crippen LogP contribution in [0.2, 0.25) is 0 Å². The zero-order chi connectivity index (χ0) is 13.0. The molecule has 0 radical (unpaired) electrons. The van der Waals surface area contributed by atoms with Crippen molar-refractivity contribution in [1.29, 1.82) is 0 Å². The van der Waals surface area contributed by atoms with Crippen LogP contribution in [0.3, 0.4) is 0 Å². The highest BCUT2D eigenvalue weighted by molar-refractivity contribution is 5.92. The Hall–Kier alpha value is -1.58. The molecule has 1 saturated carbocycles. The van der Waals surface area contributed by atoms with Crippen molar-refractivity contribution in [2.75, 3.05) is 11.9 Å². The van der Waals surface area contributed by atoms with Crippen molar-refractivity contribution in [2.45, 2.75) is 39.2 Å². The lowest BCUT2D eigenvalue weighted by atomic mass is 10.1. The van der Waals surface area contributed by atoms with Crippen molar-refractivity contribution in [3.05, 3.63) is 23.9 Å². The van der Waals surface area contributed by atoms with Crippen LogP contribution < -0.4 is 10.6 Å². The number of hydrogen-bond donors (Lipinski definition) is 2. The number of amides is 1. The van der Waals surface area contributed by atoms with E-state index < -0.39 is 0 Å². The minimum Gasteiger partial charge on any atom is -0.370 e. The lowest BCUT2D eigenvalue weighted by molar-refractivity contribution is 0.0932. The normalized spacial score (nSPS) is 16.1. The molecule has 1 aliphatic rings. The first-order valence-corrected chi connectivity index (χ1v) is 6.71. The van der Waals surface area contributed by atoms with Crippen molar-refractivity contribution >= 4 is 11.7 Å². The third kappa shape index (κ3) is 3.72. The molecule has 0 aromatic carbocycles. The summed E-state index contributed by atoms with van der Waals surface area (Å²) in [6, 6.07) is 5.70. The van der Waals surface area contributed by atoms with E-state index in [-0.39, 0.29) is 11.9 Å². The van der Waals surface area contributed by atoms with Crippen molar-refractivity contribution in [3.8, 4) is 0 Å². The number of pyridine rings is 1. The van der Waals surface area contributed by atoms with E-state index >= 15 is 0 Å². The van der Waals surface area contributed by atoms with Crippen LogP contribution in [0.5, 0.6) is 0 Å². The molecule has 0 aliphatic heterocycles. The van der Waals surface area contributed by atoms with E-state index in [1.54, 1.807) is 6.07 Å². The minimum atomic E-state index is -0.0806. The lowest BCUT2D eigenvalue weighted by Gasteiger charge is -2.13. The van der Waals surface area contributed by atoms with Crippen molar-refractivity contribution < 1.29 is 4.79 Å². The van der Waals surface area contributed by atoms with E-state index in [1.165, 1.54) is 12.8 Å². The summed E-state index contributed by atoms with van der Waals surface area (Å²) in [4.78, 5) is 16.3. The van der Waals surface area contributed by atoms with Gasteiger partial charge in [0.25, 0.3) is 5.91 Å². The quantitative estimate of drug-likeness (QED) is 0.811. The van der Waals surface area contributed by atoms with Gasteiger partial charge in [-0.15, -0.1) is 0 Å². The Morgan fingerprint density at radius 2 is 2.28 bits per heavy atom. The summed E-state index contributed by atoms with van der Waals surface area (Å²) < 4.78 is 0. The molecule has 1 atom stereocenters. The molecule has 0 bridgehead atoms. The molecule has 1 heterocycles. The van der Waals surface area contributed by atoms with Gasteiger partial charge < -0.3 is 10.6 Å². The van der Waals surface area contributed by atoms with Gasteiger partial charge in [0, 0.05) is 12.6 Å². The molecule has 18 heavy (non-hydrogen) atoms. The Labute approximate surface area is 108 Å². The van der Waals surface area contributed by atoms with Crippen molar-refractivity contribution in [1.82, 2.24) is 10.3 Å². The molecule has 0 spiro atoms. The van der Waals surface area contributed by atoms with Gasteiger partial charge in [0.05, 0.1) is 0 Å². The number of nitrogens with zero attached hydrogens (tertiary/aromatic N) is 1. The maximum absolute atomic E-state index is 12.0. The second-order valence-corrected chi connectivity index (χ2v) is 4.99. The van der Waals surface area contributed by atoms with Crippen molar-refractivity contribution in [3.63, 3.8) is 0 Å². The summed E-state index contributed by atoms with van der Waals surface area (Å²) in [6.07, 6.45) is 3.71. The largest absolute Gasteiger partial charge is 0.370 e. The molecule has 2 rings (SSSR count). The molecule has 1 unspecified atom stereocenters. The fourth-order valence-electron chi connectivity index (χ4n) is 2.05. The first-order valence-electron chi connectivity index (χ1n) is 6.71. The molecule has 4 heteroatoms. The molecule has 1 aromatic heterocycles. The number of aromatic nitrogens is 1. The fourth-order valence-corrected chi connectivity index (χ4v) is 2.05. The Balaban J connectivity index is 1.92. The van der Waals surface area contributed by atoms with Crippen LogP contribution in [0.1, 0.15) is 43.6 Å². The van der Waals surface area contributed by atoms with Crippen LogP contribution in [0.25, 0.3) is 0 Å². The predicted octanol–water partition coefficient (Wildman–Crippen LogP) is 2.43. The molecule has 0 saturated heterocycles. The van der Waals surface area contributed by atoms with Crippen LogP contribution in [0.15, 0.2) is 18.2 Å². The molecule has 4 nitrogen and oxygen atoms in total. The molecule has 1 aromatic rings. The summed E-state index contributed by atoms with van der Waals surface area (Å²) >= 11 is 0. The van der Waals surface area contributed by atoms with Gasteiger partial charge >= 0.3 is 0 Å². The van der Waals surface area contributed by atoms with Crippen LogP contribution in [0, 0.1) is 5.92 Å². The van der Waals surface area contributed by atoms with Gasteiger partial charge in [-0.05, 0) is 38.3 Å². The number of carbonyl (C=O) groups is 1. The van der Waals surface area contributed by atoms with Crippen LogP contribution in [-0.4, -0.2) is 23.5 Å². The van der Waals surface area contributed by atoms with Gasteiger partial charge in [0.1, 0.15) is 11.5 Å². The Kier molecular flexibility index (Phi) is 4.18. The summed E-state index contributed by atoms with van der Waals surface area (Å²) in [5.41, 5.74) is 0.482. The fraction of sp³-hybridized carbons (Fsp3) is 0.571. The maximum atomic E-state index is 12.0. The van der Waals surface area contributed by atoms with Gasteiger partial charge in [-0.1, -0.05) is 18.9 Å². The van der Waals surface area contributed by atoms with E-state index in [0.29, 0.717) is 5.69 Å². The third-order valence-electron chi connectivity index (χ3n) is 3.10. The molecular weight excluding hydrogens is 226 g/mol. The second-order valence-electron chi connectivity index (χ2n) is 4.99. The molecular formula is C14H21N3O. The highest BCUT2D eigenvalue weighted by Crippen LogP contribution is 2.33.